The topological polar surface area (TPSA) is 184 Å². The van der Waals surface area contributed by atoms with Crippen molar-refractivity contribution in [1.82, 2.24) is 9.55 Å². The van der Waals surface area contributed by atoms with Gasteiger partial charge >= 0.3 is 0 Å². The number of methoxy groups -OCH3 is 6. The Kier molecular flexibility index (Phi) is 12.4. The lowest BCUT2D eigenvalue weighted by Crippen LogP contribution is -2.32. The molecule has 1 aromatic heterocycles. The first kappa shape index (κ1) is 44.6. The number of aromatic nitrogens is 2. The highest BCUT2D eigenvalue weighted by Gasteiger charge is 2.47. The van der Waals surface area contributed by atoms with Gasteiger partial charge in [-0.1, -0.05) is 47.5 Å². The molecule has 8 rings (SSSR count). The van der Waals surface area contributed by atoms with E-state index in [2.05, 4.69) is 0 Å². The van der Waals surface area contributed by atoms with Crippen LogP contribution < -0.4 is 28.4 Å². The molecule has 7 aromatic rings. The first-order chi connectivity index (χ1) is 31.9. The number of non-ortho nitro benzene ring substituents is 2. The van der Waals surface area contributed by atoms with Gasteiger partial charge in [0.15, 0.2) is 23.0 Å². The van der Waals surface area contributed by atoms with Crippen LogP contribution in [0.4, 0.5) is 11.4 Å². The number of rotatable bonds is 15. The molecule has 1 aliphatic rings. The zero-order valence-electron chi connectivity index (χ0n) is 36.1. The number of halogens is 2. The molecule has 0 fully saturated rings. The lowest BCUT2D eigenvalue weighted by molar-refractivity contribution is -0.385. The quantitative estimate of drug-likeness (QED) is 0.0704. The van der Waals surface area contributed by atoms with E-state index in [1.807, 2.05) is 12.1 Å². The van der Waals surface area contributed by atoms with Gasteiger partial charge in [-0.25, -0.2) is 15.0 Å². The molecule has 0 bridgehead atoms. The summed E-state index contributed by atoms with van der Waals surface area (Å²) < 4.78 is 35.8. The van der Waals surface area contributed by atoms with Crippen LogP contribution in [0.1, 0.15) is 16.7 Å². The zero-order valence-corrected chi connectivity index (χ0v) is 37.6. The molecule has 1 aliphatic heterocycles. The van der Waals surface area contributed by atoms with Crippen molar-refractivity contribution in [1.29, 1.82) is 0 Å². The summed E-state index contributed by atoms with van der Waals surface area (Å²) in [4.78, 5) is 40.5. The molecule has 1 unspecified atom stereocenters. The maximum atomic E-state index is 12.7. The van der Waals surface area contributed by atoms with Crippen molar-refractivity contribution in [3.63, 3.8) is 0 Å². The van der Waals surface area contributed by atoms with Crippen molar-refractivity contribution in [2.45, 2.75) is 5.79 Å². The fourth-order valence-corrected chi connectivity index (χ4v) is 8.19. The molecule has 18 heteroatoms. The van der Waals surface area contributed by atoms with Crippen LogP contribution in [0.15, 0.2) is 131 Å². The van der Waals surface area contributed by atoms with Crippen molar-refractivity contribution >= 4 is 46.0 Å². The average molecular weight is 930 g/mol. The Morgan fingerprint density at radius 2 is 1.03 bits per heavy atom. The first-order valence-corrected chi connectivity index (χ1v) is 20.6. The SMILES string of the molecule is COc1cccc(C2=NC(c3cc([N+](=O)[O-])ccc3Cl)(n3c(-c4cc([N+](=O)[O-])ccc4Cl)nc(-c4cccc(OC)c4)c3-c3ccc(OC)c(OC)c3)N=C2c2ccc(OC)c(OC)c2)c1. The number of nitro benzene ring substituents is 2. The molecule has 0 aliphatic carbocycles. The molecule has 334 valence electrons. The molecule has 0 amide bonds. The first-order valence-electron chi connectivity index (χ1n) is 19.8. The Bertz CT molecular complexity index is 3140. The van der Waals surface area contributed by atoms with Crippen molar-refractivity contribution < 1.29 is 38.3 Å². The van der Waals surface area contributed by atoms with Gasteiger partial charge in [0.05, 0.1) is 85.4 Å². The molecule has 0 radical (unpaired) electrons. The monoisotopic (exact) mass is 928 g/mol. The van der Waals surface area contributed by atoms with Crippen LogP contribution in [0.25, 0.3) is 33.9 Å². The highest BCUT2D eigenvalue weighted by Crippen LogP contribution is 2.51. The molecular formula is C48H38Cl2N6O10. The van der Waals surface area contributed by atoms with E-state index in [0.29, 0.717) is 68.1 Å². The van der Waals surface area contributed by atoms with Crippen LogP contribution in [0.3, 0.4) is 0 Å². The molecule has 1 atom stereocenters. The molecule has 66 heavy (non-hydrogen) atoms. The van der Waals surface area contributed by atoms with Gasteiger partial charge in [0.25, 0.3) is 17.2 Å². The Morgan fingerprint density at radius 1 is 0.530 bits per heavy atom. The number of ether oxygens (including phenoxy) is 6. The standard InChI is InChI=1S/C48H38Cl2N6O10/c1-61-33-11-7-9-27(21-33)43-44(29-13-19-39(63-3)41(23-29)65-5)53-48(52-43,36-26-32(56(59)60)16-18-38(36)50)54-46(30-14-20-40(64-4)42(24-30)66-6)45(28-10-8-12-34(22-28)62-2)51-47(54)35-25-31(55(57)58)15-17-37(35)49/h7-26H,1-6H3. The summed E-state index contributed by atoms with van der Waals surface area (Å²) in [6.07, 6.45) is 0. The third kappa shape index (κ3) is 7.96. The van der Waals surface area contributed by atoms with Gasteiger partial charge in [-0.3, -0.25) is 24.8 Å². The van der Waals surface area contributed by atoms with E-state index < -0.39 is 15.6 Å². The van der Waals surface area contributed by atoms with E-state index in [1.165, 1.54) is 79.1 Å². The Morgan fingerprint density at radius 3 is 1.59 bits per heavy atom. The number of nitrogens with zero attached hydrogens (tertiary/aromatic N) is 6. The summed E-state index contributed by atoms with van der Waals surface area (Å²) in [6.45, 7) is 0. The fraction of sp³-hybridized carbons (Fsp3) is 0.146. The highest BCUT2D eigenvalue weighted by atomic mass is 35.5. The van der Waals surface area contributed by atoms with Crippen LogP contribution in [-0.4, -0.2) is 73.5 Å². The van der Waals surface area contributed by atoms with E-state index in [-0.39, 0.29) is 49.8 Å². The van der Waals surface area contributed by atoms with Gasteiger partial charge in [0.1, 0.15) is 17.3 Å². The lowest BCUT2D eigenvalue weighted by atomic mass is 9.99. The third-order valence-corrected chi connectivity index (χ3v) is 11.5. The minimum Gasteiger partial charge on any atom is -0.497 e. The summed E-state index contributed by atoms with van der Waals surface area (Å²) in [5.41, 5.74) is 2.66. The van der Waals surface area contributed by atoms with Crippen LogP contribution in [0, 0.1) is 20.2 Å². The number of imidazole rings is 1. The second-order valence-electron chi connectivity index (χ2n) is 14.5. The van der Waals surface area contributed by atoms with E-state index in [1.54, 1.807) is 77.4 Å². The van der Waals surface area contributed by atoms with Crippen LogP contribution in [0.5, 0.6) is 34.5 Å². The maximum absolute atomic E-state index is 12.7. The third-order valence-electron chi connectivity index (χ3n) is 10.9. The predicted molar refractivity (Wildman–Crippen MR) is 251 cm³/mol. The molecular weight excluding hydrogens is 891 g/mol. The van der Waals surface area contributed by atoms with Crippen LogP contribution >= 0.6 is 23.2 Å². The molecule has 0 saturated heterocycles. The van der Waals surface area contributed by atoms with Crippen molar-refractivity contribution in [3.8, 4) is 68.4 Å². The molecule has 6 aromatic carbocycles. The van der Waals surface area contributed by atoms with Gasteiger partial charge in [-0.2, -0.15) is 0 Å². The molecule has 16 nitrogen and oxygen atoms in total. The smallest absolute Gasteiger partial charge is 0.270 e. The van der Waals surface area contributed by atoms with Crippen LogP contribution in [0.2, 0.25) is 10.0 Å². The molecule has 0 N–H and O–H groups in total. The zero-order chi connectivity index (χ0) is 46.9. The van der Waals surface area contributed by atoms with E-state index in [0.717, 1.165) is 0 Å². The molecule has 2 heterocycles. The Hall–Kier alpha value is -7.95. The van der Waals surface area contributed by atoms with Crippen LogP contribution in [-0.2, 0) is 5.79 Å². The summed E-state index contributed by atoms with van der Waals surface area (Å²) in [5.74, 6) is 0.347. The molecule has 0 spiro atoms. The number of hydrogen-bond acceptors (Lipinski definition) is 13. The summed E-state index contributed by atoms with van der Waals surface area (Å²) in [6, 6.07) is 32.5. The summed E-state index contributed by atoms with van der Waals surface area (Å²) in [7, 11) is 9.06. The number of hydrogen-bond donors (Lipinski definition) is 0. The minimum absolute atomic E-state index is 0.0138. The summed E-state index contributed by atoms with van der Waals surface area (Å²) >= 11 is 14.3. The number of nitro groups is 2. The Balaban J connectivity index is 1.66. The van der Waals surface area contributed by atoms with Gasteiger partial charge in [-0.15, -0.1) is 0 Å². The van der Waals surface area contributed by atoms with Crippen molar-refractivity contribution in [2.24, 2.45) is 9.98 Å². The minimum atomic E-state index is -2.18. The van der Waals surface area contributed by atoms with E-state index >= 15 is 0 Å². The van der Waals surface area contributed by atoms with Gasteiger partial charge in [-0.05, 0) is 72.8 Å². The van der Waals surface area contributed by atoms with Crippen molar-refractivity contribution in [2.75, 3.05) is 42.7 Å². The summed E-state index contributed by atoms with van der Waals surface area (Å²) in [5, 5.41) is 25.3. The van der Waals surface area contributed by atoms with Crippen molar-refractivity contribution in [3.05, 3.63) is 168 Å². The van der Waals surface area contributed by atoms with Gasteiger partial charge in [0, 0.05) is 57.6 Å². The van der Waals surface area contributed by atoms with Gasteiger partial charge in [0.2, 0.25) is 0 Å². The highest BCUT2D eigenvalue weighted by molar-refractivity contribution is 6.54. The normalized spacial score (nSPS) is 14.2. The lowest BCUT2D eigenvalue weighted by Gasteiger charge is -2.30. The number of benzene rings is 6. The van der Waals surface area contributed by atoms with E-state index in [4.69, 9.17) is 66.6 Å². The average Bonchev–Trinajstić information content (AvgIpc) is 3.95. The van der Waals surface area contributed by atoms with Gasteiger partial charge < -0.3 is 28.4 Å². The second-order valence-corrected chi connectivity index (χ2v) is 15.3. The second kappa shape index (κ2) is 18.3. The predicted octanol–water partition coefficient (Wildman–Crippen LogP) is 10.7. The number of aliphatic imine (C=N–C) groups is 2. The van der Waals surface area contributed by atoms with E-state index in [9.17, 15) is 20.2 Å². The largest absolute Gasteiger partial charge is 0.497 e. The maximum Gasteiger partial charge on any atom is 0.270 e. The Labute approximate surface area is 387 Å². The fourth-order valence-electron chi connectivity index (χ4n) is 7.75. The molecule has 0 saturated carbocycles.